The van der Waals surface area contributed by atoms with Gasteiger partial charge in [0.05, 0.1) is 29.3 Å². The van der Waals surface area contributed by atoms with Crippen molar-refractivity contribution in [1.29, 1.82) is 0 Å². The van der Waals surface area contributed by atoms with E-state index in [1.807, 2.05) is 24.3 Å². The van der Waals surface area contributed by atoms with Crippen LogP contribution in [0, 0.1) is 6.92 Å². The highest BCUT2D eigenvalue weighted by molar-refractivity contribution is 7.98. The number of fused-ring (bicyclic) bond motifs is 2. The number of para-hydroxylation sites is 2. The Labute approximate surface area is 168 Å². The van der Waals surface area contributed by atoms with Crippen LogP contribution in [-0.2, 0) is 17.0 Å². The molecule has 0 aliphatic heterocycles. The lowest BCUT2D eigenvalue weighted by molar-refractivity contribution is 0.0605. The minimum Gasteiger partial charge on any atom is -0.465 e. The average molecular weight is 415 g/mol. The van der Waals surface area contributed by atoms with Crippen LogP contribution in [0.4, 0.5) is 0 Å². The first kappa shape index (κ1) is 18.7. The van der Waals surface area contributed by atoms with Gasteiger partial charge in [0.15, 0.2) is 5.16 Å². The van der Waals surface area contributed by atoms with Gasteiger partial charge in [-0.2, -0.15) is 0 Å². The largest absolute Gasteiger partial charge is 0.465 e. The van der Waals surface area contributed by atoms with Gasteiger partial charge in [-0.15, -0.1) is 11.3 Å². The van der Waals surface area contributed by atoms with Gasteiger partial charge < -0.3 is 14.3 Å². The zero-order valence-electron chi connectivity index (χ0n) is 15.6. The number of carbonyl (C=O) groups is 1. The fourth-order valence-corrected chi connectivity index (χ4v) is 5.21. The van der Waals surface area contributed by atoms with Gasteiger partial charge in [-0.1, -0.05) is 23.9 Å². The molecule has 7 nitrogen and oxygen atoms in total. The van der Waals surface area contributed by atoms with Crippen LogP contribution >= 0.6 is 23.1 Å². The fourth-order valence-electron chi connectivity index (χ4n) is 3.15. The first-order valence-corrected chi connectivity index (χ1v) is 10.5. The van der Waals surface area contributed by atoms with E-state index in [-0.39, 0.29) is 5.56 Å². The van der Waals surface area contributed by atoms with E-state index >= 15 is 0 Å². The molecule has 28 heavy (non-hydrogen) atoms. The van der Waals surface area contributed by atoms with Crippen LogP contribution in [0.5, 0.6) is 0 Å². The Morgan fingerprint density at radius 2 is 2.11 bits per heavy atom. The lowest BCUT2D eigenvalue weighted by atomic mass is 10.2. The molecular formula is C19H18N4O3S2. The van der Waals surface area contributed by atoms with E-state index in [2.05, 4.69) is 26.4 Å². The monoisotopic (exact) mass is 414 g/mol. The molecule has 0 saturated heterocycles. The number of benzene rings is 1. The molecule has 1 aromatic carbocycles. The summed E-state index contributed by atoms with van der Waals surface area (Å²) < 4.78 is 6.93. The van der Waals surface area contributed by atoms with Crippen molar-refractivity contribution in [1.82, 2.24) is 19.5 Å². The summed E-state index contributed by atoms with van der Waals surface area (Å²) in [6.07, 6.45) is 0. The van der Waals surface area contributed by atoms with Crippen LogP contribution in [0.25, 0.3) is 21.3 Å². The van der Waals surface area contributed by atoms with E-state index in [0.29, 0.717) is 32.2 Å². The van der Waals surface area contributed by atoms with Crippen LogP contribution < -0.4 is 5.56 Å². The third kappa shape index (κ3) is 3.10. The number of hydrogen-bond acceptors (Lipinski definition) is 7. The lowest BCUT2D eigenvalue weighted by Gasteiger charge is -2.05. The predicted octanol–water partition coefficient (Wildman–Crippen LogP) is 3.74. The molecule has 4 aromatic rings. The Kier molecular flexibility index (Phi) is 4.94. The molecule has 0 atom stereocenters. The summed E-state index contributed by atoms with van der Waals surface area (Å²) in [4.78, 5) is 37.5. The number of carbonyl (C=O) groups excluding carboxylic acids is 1. The molecule has 0 bridgehead atoms. The molecule has 0 amide bonds. The summed E-state index contributed by atoms with van der Waals surface area (Å²) in [5, 5.41) is 1.32. The lowest BCUT2D eigenvalue weighted by Crippen LogP contribution is -2.11. The second kappa shape index (κ2) is 7.40. The molecule has 0 saturated carbocycles. The number of H-pyrrole nitrogens is 1. The van der Waals surface area contributed by atoms with Gasteiger partial charge >= 0.3 is 5.97 Å². The molecule has 0 spiro atoms. The first-order valence-electron chi connectivity index (χ1n) is 8.72. The Hall–Kier alpha value is -2.65. The van der Waals surface area contributed by atoms with Crippen molar-refractivity contribution in [2.45, 2.75) is 31.3 Å². The molecule has 0 unspecified atom stereocenters. The van der Waals surface area contributed by atoms with E-state index in [9.17, 15) is 9.59 Å². The van der Waals surface area contributed by atoms with E-state index < -0.39 is 5.97 Å². The molecule has 3 aromatic heterocycles. The average Bonchev–Trinajstić information content (AvgIpc) is 3.23. The number of esters is 1. The zero-order valence-corrected chi connectivity index (χ0v) is 17.2. The van der Waals surface area contributed by atoms with Crippen molar-refractivity contribution in [2.75, 3.05) is 7.11 Å². The number of aromatic nitrogens is 4. The molecule has 0 aliphatic carbocycles. The molecular weight excluding hydrogens is 396 g/mol. The zero-order chi connectivity index (χ0) is 19.8. The van der Waals surface area contributed by atoms with Crippen LogP contribution in [0.2, 0.25) is 0 Å². The highest BCUT2D eigenvalue weighted by atomic mass is 32.2. The molecule has 144 valence electrons. The Bertz CT molecular complexity index is 1260. The number of ether oxygens (including phenoxy) is 1. The molecule has 1 N–H and O–H groups in total. The van der Waals surface area contributed by atoms with Crippen LogP contribution in [0.3, 0.4) is 0 Å². The number of thiophene rings is 1. The summed E-state index contributed by atoms with van der Waals surface area (Å²) in [5.74, 6) is 0.571. The number of nitrogens with one attached hydrogen (secondary N) is 1. The number of imidazole rings is 1. The number of rotatable bonds is 5. The third-order valence-corrected chi connectivity index (χ3v) is 6.65. The maximum atomic E-state index is 12.5. The molecule has 9 heteroatoms. The molecule has 0 fully saturated rings. The summed E-state index contributed by atoms with van der Waals surface area (Å²) in [6, 6.07) is 8.00. The summed E-state index contributed by atoms with van der Waals surface area (Å²) in [6.45, 7) is 4.62. The molecule has 4 rings (SSSR count). The fraction of sp³-hybridized carbons (Fsp3) is 0.263. The van der Waals surface area contributed by atoms with Crippen molar-refractivity contribution < 1.29 is 9.53 Å². The van der Waals surface area contributed by atoms with Crippen molar-refractivity contribution in [2.24, 2.45) is 0 Å². The third-order valence-electron chi connectivity index (χ3n) is 4.49. The molecule has 3 heterocycles. The highest BCUT2D eigenvalue weighted by Crippen LogP contribution is 2.29. The van der Waals surface area contributed by atoms with Crippen LogP contribution in [0.15, 0.2) is 34.2 Å². The van der Waals surface area contributed by atoms with E-state index in [1.54, 1.807) is 6.92 Å². The van der Waals surface area contributed by atoms with Gasteiger partial charge in [0.1, 0.15) is 15.5 Å². The number of aromatic amines is 1. The number of thioether (sulfide) groups is 1. The number of nitrogens with zero attached hydrogens (tertiary/aromatic N) is 3. The van der Waals surface area contributed by atoms with E-state index in [0.717, 1.165) is 22.7 Å². The first-order chi connectivity index (χ1) is 13.5. The number of methoxy groups -OCH3 is 1. The predicted molar refractivity (Wildman–Crippen MR) is 111 cm³/mol. The van der Waals surface area contributed by atoms with Gasteiger partial charge in [0.25, 0.3) is 5.56 Å². The number of aryl methyl sites for hydroxylation is 2. The topological polar surface area (TPSA) is 89.9 Å². The van der Waals surface area contributed by atoms with Gasteiger partial charge in [-0.3, -0.25) is 4.79 Å². The highest BCUT2D eigenvalue weighted by Gasteiger charge is 2.20. The van der Waals surface area contributed by atoms with Gasteiger partial charge in [0, 0.05) is 6.54 Å². The van der Waals surface area contributed by atoms with Crippen molar-refractivity contribution in [3.63, 3.8) is 0 Å². The normalized spacial score (nSPS) is 11.4. The SMILES string of the molecule is CCn1c(SCc2nc3sc(C(=O)OC)c(C)c3c(=O)[nH]2)nc2ccccc21. The van der Waals surface area contributed by atoms with Gasteiger partial charge in [-0.05, 0) is 31.5 Å². The summed E-state index contributed by atoms with van der Waals surface area (Å²) in [5.41, 5.74) is 2.39. The maximum absolute atomic E-state index is 12.5. The van der Waals surface area contributed by atoms with Gasteiger partial charge in [-0.25, -0.2) is 14.8 Å². The summed E-state index contributed by atoms with van der Waals surface area (Å²) in [7, 11) is 1.33. The van der Waals surface area contributed by atoms with Crippen LogP contribution in [0.1, 0.15) is 28.0 Å². The minimum absolute atomic E-state index is 0.242. The van der Waals surface area contributed by atoms with Crippen molar-refractivity contribution in [3.8, 4) is 0 Å². The second-order valence-corrected chi connectivity index (χ2v) is 8.10. The maximum Gasteiger partial charge on any atom is 0.348 e. The Balaban J connectivity index is 1.67. The van der Waals surface area contributed by atoms with Gasteiger partial charge in [0.2, 0.25) is 0 Å². The van der Waals surface area contributed by atoms with Crippen molar-refractivity contribution >= 4 is 50.3 Å². The number of hydrogen-bond donors (Lipinski definition) is 1. The molecule has 0 aliphatic rings. The van der Waals surface area contributed by atoms with Crippen molar-refractivity contribution in [3.05, 3.63) is 50.9 Å². The molecule has 0 radical (unpaired) electrons. The second-order valence-electron chi connectivity index (χ2n) is 6.16. The standard InChI is InChI=1S/C19H18N4O3S2/c1-4-23-12-8-6-5-7-11(12)20-19(23)27-9-13-21-16(24)14-10(2)15(18(25)26-3)28-17(14)22-13/h5-8H,4,9H2,1-3H3,(H,21,22,24). The smallest absolute Gasteiger partial charge is 0.348 e. The minimum atomic E-state index is -0.451. The van der Waals surface area contributed by atoms with Crippen LogP contribution in [-0.4, -0.2) is 32.6 Å². The summed E-state index contributed by atoms with van der Waals surface area (Å²) >= 11 is 2.70. The van der Waals surface area contributed by atoms with E-state index in [1.165, 1.54) is 30.2 Å². The quantitative estimate of drug-likeness (QED) is 0.395. The Morgan fingerprint density at radius 1 is 1.32 bits per heavy atom. The van der Waals surface area contributed by atoms with E-state index in [4.69, 9.17) is 4.74 Å². The Morgan fingerprint density at radius 3 is 2.86 bits per heavy atom.